The lowest BCUT2D eigenvalue weighted by Gasteiger charge is -2.10. The zero-order valence-corrected chi connectivity index (χ0v) is 14.4. The van der Waals surface area contributed by atoms with Crippen LogP contribution >= 0.6 is 0 Å². The third-order valence-electron chi connectivity index (χ3n) is 3.50. The molecule has 0 amide bonds. The van der Waals surface area contributed by atoms with Crippen molar-refractivity contribution in [2.24, 2.45) is 0 Å². The summed E-state index contributed by atoms with van der Waals surface area (Å²) in [6.07, 6.45) is 1.59. The molecule has 2 aromatic rings. The summed E-state index contributed by atoms with van der Waals surface area (Å²) in [7, 11) is -2.99. The number of aromatic nitrogens is 1. The number of aryl methyl sites for hydroxylation is 1. The van der Waals surface area contributed by atoms with Gasteiger partial charge in [-0.25, -0.2) is 17.8 Å². The van der Waals surface area contributed by atoms with Crippen molar-refractivity contribution in [2.75, 3.05) is 18.6 Å². The van der Waals surface area contributed by atoms with Crippen molar-refractivity contribution < 1.29 is 22.7 Å². The normalized spacial score (nSPS) is 11.5. The van der Waals surface area contributed by atoms with Crippen molar-refractivity contribution >= 4 is 9.84 Å². The maximum Gasteiger partial charge on any atom is 0.213 e. The molecule has 0 atom stereocenters. The highest BCUT2D eigenvalue weighted by Gasteiger charge is 2.09. The number of nitrogens with zero attached hydrogens (tertiary/aromatic N) is 1. The van der Waals surface area contributed by atoms with Gasteiger partial charge in [-0.2, -0.15) is 0 Å². The fourth-order valence-electron chi connectivity index (χ4n) is 2.28. The van der Waals surface area contributed by atoms with Crippen molar-refractivity contribution in [1.82, 2.24) is 4.98 Å². The minimum atomic E-state index is -2.99. The maximum absolute atomic E-state index is 13.5. The van der Waals surface area contributed by atoms with Crippen molar-refractivity contribution in [3.05, 3.63) is 47.4 Å². The van der Waals surface area contributed by atoms with Gasteiger partial charge < -0.3 is 9.84 Å². The Morgan fingerprint density at radius 3 is 2.62 bits per heavy atom. The zero-order valence-electron chi connectivity index (χ0n) is 13.6. The first-order chi connectivity index (χ1) is 11.3. The Balaban J connectivity index is 2.09. The lowest BCUT2D eigenvalue weighted by molar-refractivity contribution is 0.276. The standard InChI is InChI=1S/C17H20FNO4S/c1-12-15(13-4-6-16(18)14(10-13)11-20)5-7-17(19-12)23-8-3-9-24(2,21)22/h4-7,10,20H,3,8-9,11H2,1-2H3. The summed E-state index contributed by atoms with van der Waals surface area (Å²) in [5, 5.41) is 9.16. The van der Waals surface area contributed by atoms with E-state index in [1.54, 1.807) is 25.1 Å². The Bertz CT molecular complexity index is 821. The first kappa shape index (κ1) is 18.4. The number of rotatable bonds is 7. The van der Waals surface area contributed by atoms with Crippen molar-refractivity contribution in [1.29, 1.82) is 0 Å². The van der Waals surface area contributed by atoms with Crippen LogP contribution < -0.4 is 4.74 Å². The SMILES string of the molecule is Cc1nc(OCCCS(C)(=O)=O)ccc1-c1ccc(F)c(CO)c1. The molecule has 1 aromatic carbocycles. The first-order valence-electron chi connectivity index (χ1n) is 7.48. The predicted octanol–water partition coefficient (Wildman–Crippen LogP) is 2.50. The highest BCUT2D eigenvalue weighted by Crippen LogP contribution is 2.26. The molecular weight excluding hydrogens is 333 g/mol. The number of aliphatic hydroxyl groups is 1. The molecule has 0 radical (unpaired) electrons. The van der Waals surface area contributed by atoms with Crippen LogP contribution in [0.4, 0.5) is 4.39 Å². The van der Waals surface area contributed by atoms with Crippen LogP contribution in [-0.4, -0.2) is 37.1 Å². The Morgan fingerprint density at radius 2 is 2.00 bits per heavy atom. The van der Waals surface area contributed by atoms with E-state index in [0.717, 1.165) is 11.1 Å². The average molecular weight is 353 g/mol. The minimum absolute atomic E-state index is 0.0730. The summed E-state index contributed by atoms with van der Waals surface area (Å²) in [6, 6.07) is 8.03. The lowest BCUT2D eigenvalue weighted by atomic mass is 10.0. The fourth-order valence-corrected chi connectivity index (χ4v) is 2.93. The van der Waals surface area contributed by atoms with Crippen LogP contribution in [0.15, 0.2) is 30.3 Å². The molecule has 0 saturated heterocycles. The monoisotopic (exact) mass is 353 g/mol. The van der Waals surface area contributed by atoms with Crippen molar-refractivity contribution in [3.63, 3.8) is 0 Å². The van der Waals surface area contributed by atoms with E-state index < -0.39 is 15.7 Å². The van der Waals surface area contributed by atoms with Gasteiger partial charge in [0, 0.05) is 29.1 Å². The molecule has 0 saturated carbocycles. The van der Waals surface area contributed by atoms with E-state index in [9.17, 15) is 12.8 Å². The Morgan fingerprint density at radius 1 is 1.25 bits per heavy atom. The molecule has 5 nitrogen and oxygen atoms in total. The molecule has 0 bridgehead atoms. The van der Waals surface area contributed by atoms with Crippen LogP contribution in [0.25, 0.3) is 11.1 Å². The molecule has 1 N–H and O–H groups in total. The number of halogens is 1. The van der Waals surface area contributed by atoms with E-state index >= 15 is 0 Å². The van der Waals surface area contributed by atoms with Gasteiger partial charge in [0.1, 0.15) is 15.7 Å². The van der Waals surface area contributed by atoms with E-state index in [1.165, 1.54) is 12.3 Å². The van der Waals surface area contributed by atoms with Crippen molar-refractivity contribution in [3.8, 4) is 17.0 Å². The second-order valence-corrected chi connectivity index (χ2v) is 7.84. The highest BCUT2D eigenvalue weighted by molar-refractivity contribution is 7.90. The number of aliphatic hydroxyl groups excluding tert-OH is 1. The van der Waals surface area contributed by atoms with Gasteiger partial charge >= 0.3 is 0 Å². The van der Waals surface area contributed by atoms with Gasteiger partial charge in [-0.3, -0.25) is 0 Å². The van der Waals surface area contributed by atoms with Crippen LogP contribution in [0.5, 0.6) is 5.88 Å². The smallest absolute Gasteiger partial charge is 0.213 e. The minimum Gasteiger partial charge on any atom is -0.478 e. The van der Waals surface area contributed by atoms with E-state index in [0.29, 0.717) is 18.0 Å². The zero-order chi connectivity index (χ0) is 17.7. The van der Waals surface area contributed by atoms with Crippen LogP contribution in [0.1, 0.15) is 17.7 Å². The molecule has 0 spiro atoms. The number of ether oxygens (including phenoxy) is 1. The summed E-state index contributed by atoms with van der Waals surface area (Å²) in [4.78, 5) is 4.33. The van der Waals surface area contributed by atoms with Crippen LogP contribution in [-0.2, 0) is 16.4 Å². The number of hydrogen-bond acceptors (Lipinski definition) is 5. The summed E-state index contributed by atoms with van der Waals surface area (Å²) in [6.45, 7) is 1.71. The molecule has 1 heterocycles. The van der Waals surface area contributed by atoms with Crippen molar-refractivity contribution in [2.45, 2.75) is 20.0 Å². The summed E-state index contributed by atoms with van der Waals surface area (Å²) >= 11 is 0. The van der Waals surface area contributed by atoms with Gasteiger partial charge in [-0.15, -0.1) is 0 Å². The number of pyridine rings is 1. The van der Waals surface area contributed by atoms with Gasteiger partial charge in [0.05, 0.1) is 19.0 Å². The molecule has 130 valence electrons. The van der Waals surface area contributed by atoms with Gasteiger partial charge in [0.25, 0.3) is 0 Å². The third kappa shape index (κ3) is 5.01. The number of sulfone groups is 1. The van der Waals surface area contributed by atoms with E-state index in [1.807, 2.05) is 6.07 Å². The Labute approximate surface area is 141 Å². The van der Waals surface area contributed by atoms with Gasteiger partial charge in [0.15, 0.2) is 0 Å². The molecule has 0 fully saturated rings. The van der Waals surface area contributed by atoms with Gasteiger partial charge in [-0.05, 0) is 37.1 Å². The van der Waals surface area contributed by atoms with Crippen LogP contribution in [0.2, 0.25) is 0 Å². The quantitative estimate of drug-likeness (QED) is 0.774. The molecular formula is C17H20FNO4S. The molecule has 0 aliphatic carbocycles. The topological polar surface area (TPSA) is 76.5 Å². The van der Waals surface area contributed by atoms with Gasteiger partial charge in [-0.1, -0.05) is 6.07 Å². The van der Waals surface area contributed by atoms with Gasteiger partial charge in [0.2, 0.25) is 5.88 Å². The Kier molecular flexibility index (Phi) is 5.90. The molecule has 24 heavy (non-hydrogen) atoms. The molecule has 0 aliphatic rings. The van der Waals surface area contributed by atoms with E-state index in [4.69, 9.17) is 9.84 Å². The third-order valence-corrected chi connectivity index (χ3v) is 4.53. The molecule has 1 aromatic heterocycles. The van der Waals surface area contributed by atoms with E-state index in [2.05, 4.69) is 4.98 Å². The van der Waals surface area contributed by atoms with E-state index in [-0.39, 0.29) is 24.5 Å². The molecule has 2 rings (SSSR count). The second kappa shape index (κ2) is 7.72. The highest BCUT2D eigenvalue weighted by atomic mass is 32.2. The maximum atomic E-state index is 13.5. The van der Waals surface area contributed by atoms with Crippen LogP contribution in [0, 0.1) is 12.7 Å². The Hall–Kier alpha value is -1.99. The summed E-state index contributed by atoms with van der Waals surface area (Å²) < 4.78 is 41.0. The second-order valence-electron chi connectivity index (χ2n) is 5.58. The number of benzene rings is 1. The molecule has 7 heteroatoms. The molecule has 0 unspecified atom stereocenters. The summed E-state index contributed by atoms with van der Waals surface area (Å²) in [5.41, 5.74) is 2.50. The summed E-state index contributed by atoms with van der Waals surface area (Å²) in [5.74, 6) is 0.0378. The largest absolute Gasteiger partial charge is 0.478 e. The van der Waals surface area contributed by atoms with Crippen LogP contribution in [0.3, 0.4) is 0 Å². The number of hydrogen-bond donors (Lipinski definition) is 1. The fraction of sp³-hybridized carbons (Fsp3) is 0.353. The predicted molar refractivity (Wildman–Crippen MR) is 90.1 cm³/mol. The average Bonchev–Trinajstić information content (AvgIpc) is 2.51. The lowest BCUT2D eigenvalue weighted by Crippen LogP contribution is -2.08. The molecule has 0 aliphatic heterocycles. The first-order valence-corrected chi connectivity index (χ1v) is 9.54.